The number of hydrogen-bond acceptors (Lipinski definition) is 4. The van der Waals surface area contributed by atoms with Gasteiger partial charge in [-0.25, -0.2) is 9.78 Å². The number of carboxylic acid groups (broad SMARTS) is 1. The molecule has 18 heavy (non-hydrogen) atoms. The van der Waals surface area contributed by atoms with Crippen molar-refractivity contribution in [2.24, 2.45) is 0 Å². The number of aromatic nitrogens is 1. The SMILES string of the molecule is O=C(O)c1ccc(OC2CC2)c(-c2nccs2)c1. The van der Waals surface area contributed by atoms with E-state index >= 15 is 0 Å². The fourth-order valence-corrected chi connectivity index (χ4v) is 2.31. The van der Waals surface area contributed by atoms with Crippen molar-refractivity contribution in [3.63, 3.8) is 0 Å². The van der Waals surface area contributed by atoms with Crippen molar-refractivity contribution in [2.45, 2.75) is 18.9 Å². The van der Waals surface area contributed by atoms with Crippen LogP contribution in [0.3, 0.4) is 0 Å². The summed E-state index contributed by atoms with van der Waals surface area (Å²) >= 11 is 1.47. The molecule has 1 fully saturated rings. The van der Waals surface area contributed by atoms with Gasteiger partial charge in [-0.2, -0.15) is 0 Å². The van der Waals surface area contributed by atoms with E-state index in [2.05, 4.69) is 4.98 Å². The predicted octanol–water partition coefficient (Wildman–Crippen LogP) is 3.05. The van der Waals surface area contributed by atoms with Gasteiger partial charge in [0.05, 0.1) is 17.2 Å². The van der Waals surface area contributed by atoms with E-state index in [1.165, 1.54) is 11.3 Å². The Labute approximate surface area is 108 Å². The molecule has 1 aromatic carbocycles. The van der Waals surface area contributed by atoms with Crippen LogP contribution >= 0.6 is 11.3 Å². The largest absolute Gasteiger partial charge is 0.490 e. The summed E-state index contributed by atoms with van der Waals surface area (Å²) in [7, 11) is 0. The summed E-state index contributed by atoms with van der Waals surface area (Å²) in [5, 5.41) is 11.7. The van der Waals surface area contributed by atoms with Gasteiger partial charge in [-0.05, 0) is 31.0 Å². The van der Waals surface area contributed by atoms with E-state index in [0.29, 0.717) is 0 Å². The van der Waals surface area contributed by atoms with Crippen molar-refractivity contribution in [1.29, 1.82) is 0 Å². The van der Waals surface area contributed by atoms with Gasteiger partial charge >= 0.3 is 5.97 Å². The Bertz CT molecular complexity index is 576. The first kappa shape index (κ1) is 11.2. The average Bonchev–Trinajstić information content (AvgIpc) is 3.01. The molecule has 5 heteroatoms. The molecule has 0 atom stereocenters. The lowest BCUT2D eigenvalue weighted by molar-refractivity contribution is 0.0697. The Morgan fingerprint density at radius 1 is 1.44 bits per heavy atom. The molecule has 1 heterocycles. The second-order valence-corrected chi connectivity index (χ2v) is 5.07. The molecule has 1 aliphatic rings. The van der Waals surface area contributed by atoms with Crippen LogP contribution in [0.15, 0.2) is 29.8 Å². The minimum Gasteiger partial charge on any atom is -0.490 e. The molecular formula is C13H11NO3S. The van der Waals surface area contributed by atoms with Crippen LogP contribution in [0.1, 0.15) is 23.2 Å². The van der Waals surface area contributed by atoms with Crippen LogP contribution in [-0.4, -0.2) is 22.2 Å². The van der Waals surface area contributed by atoms with Crippen LogP contribution in [0, 0.1) is 0 Å². The van der Waals surface area contributed by atoms with Crippen LogP contribution in [0.2, 0.25) is 0 Å². The number of hydrogen-bond donors (Lipinski definition) is 1. The van der Waals surface area contributed by atoms with E-state index in [0.717, 1.165) is 29.2 Å². The van der Waals surface area contributed by atoms with Crippen molar-refractivity contribution >= 4 is 17.3 Å². The molecule has 3 rings (SSSR count). The molecule has 1 aliphatic carbocycles. The monoisotopic (exact) mass is 261 g/mol. The molecule has 0 bridgehead atoms. The van der Waals surface area contributed by atoms with E-state index in [9.17, 15) is 4.79 Å². The van der Waals surface area contributed by atoms with Gasteiger partial charge in [-0.3, -0.25) is 0 Å². The van der Waals surface area contributed by atoms with E-state index in [4.69, 9.17) is 9.84 Å². The maximum Gasteiger partial charge on any atom is 0.335 e. The number of benzene rings is 1. The van der Waals surface area contributed by atoms with Gasteiger partial charge in [-0.1, -0.05) is 0 Å². The number of nitrogens with zero attached hydrogens (tertiary/aromatic N) is 1. The smallest absolute Gasteiger partial charge is 0.335 e. The van der Waals surface area contributed by atoms with Gasteiger partial charge in [0.15, 0.2) is 0 Å². The zero-order chi connectivity index (χ0) is 12.5. The third kappa shape index (κ3) is 2.22. The predicted molar refractivity (Wildman–Crippen MR) is 68.2 cm³/mol. The zero-order valence-electron chi connectivity index (χ0n) is 9.50. The molecule has 0 amide bonds. The number of aromatic carboxylic acids is 1. The maximum absolute atomic E-state index is 11.0. The van der Waals surface area contributed by atoms with E-state index in [-0.39, 0.29) is 11.7 Å². The highest BCUT2D eigenvalue weighted by molar-refractivity contribution is 7.13. The molecule has 1 aromatic heterocycles. The molecule has 0 spiro atoms. The zero-order valence-corrected chi connectivity index (χ0v) is 10.3. The van der Waals surface area contributed by atoms with Gasteiger partial charge < -0.3 is 9.84 Å². The number of thiazole rings is 1. The summed E-state index contributed by atoms with van der Waals surface area (Å²) in [5.41, 5.74) is 1.01. The summed E-state index contributed by atoms with van der Waals surface area (Å²) < 4.78 is 5.79. The molecule has 0 unspecified atom stereocenters. The third-order valence-electron chi connectivity index (χ3n) is 2.71. The minimum atomic E-state index is -0.939. The molecule has 2 aromatic rings. The van der Waals surface area contributed by atoms with Gasteiger partial charge in [-0.15, -0.1) is 11.3 Å². The molecule has 0 aliphatic heterocycles. The summed E-state index contributed by atoms with van der Waals surface area (Å²) in [6.45, 7) is 0. The van der Waals surface area contributed by atoms with Crippen LogP contribution in [0.5, 0.6) is 5.75 Å². The summed E-state index contributed by atoms with van der Waals surface area (Å²) in [4.78, 5) is 15.2. The number of carboxylic acids is 1. The van der Waals surface area contributed by atoms with Crippen molar-refractivity contribution < 1.29 is 14.6 Å². The Morgan fingerprint density at radius 2 is 2.28 bits per heavy atom. The minimum absolute atomic E-state index is 0.253. The lowest BCUT2D eigenvalue weighted by Gasteiger charge is -2.09. The van der Waals surface area contributed by atoms with E-state index in [1.807, 2.05) is 5.38 Å². The lowest BCUT2D eigenvalue weighted by atomic mass is 10.1. The Balaban J connectivity index is 2.04. The standard InChI is InChI=1S/C13H11NO3S/c15-13(16)8-1-4-11(17-9-2-3-9)10(7-8)12-14-5-6-18-12/h1,4-7,9H,2-3H2,(H,15,16). The van der Waals surface area contributed by atoms with E-state index in [1.54, 1.807) is 24.4 Å². The van der Waals surface area contributed by atoms with Crippen LogP contribution < -0.4 is 4.74 Å². The Hall–Kier alpha value is -1.88. The summed E-state index contributed by atoms with van der Waals surface area (Å²) in [6.07, 6.45) is 4.11. The van der Waals surface area contributed by atoms with Crippen LogP contribution in [0.4, 0.5) is 0 Å². The maximum atomic E-state index is 11.0. The fraction of sp³-hybridized carbons (Fsp3) is 0.231. The second-order valence-electron chi connectivity index (χ2n) is 4.17. The van der Waals surface area contributed by atoms with Gasteiger partial charge in [0.1, 0.15) is 10.8 Å². The number of carbonyl (C=O) groups is 1. The first-order chi connectivity index (χ1) is 8.74. The van der Waals surface area contributed by atoms with E-state index < -0.39 is 5.97 Å². The normalized spacial score (nSPS) is 14.4. The van der Waals surface area contributed by atoms with Crippen molar-refractivity contribution in [1.82, 2.24) is 4.98 Å². The van der Waals surface area contributed by atoms with Crippen LogP contribution in [-0.2, 0) is 0 Å². The fourth-order valence-electron chi connectivity index (χ4n) is 1.65. The Kier molecular flexibility index (Phi) is 2.76. The van der Waals surface area contributed by atoms with Gasteiger partial charge in [0, 0.05) is 11.6 Å². The number of ether oxygens (including phenoxy) is 1. The molecule has 0 radical (unpaired) electrons. The highest BCUT2D eigenvalue weighted by Crippen LogP contribution is 2.36. The quantitative estimate of drug-likeness (QED) is 0.919. The summed E-state index contributed by atoms with van der Waals surface area (Å²) in [5.74, 6) is -0.219. The number of rotatable bonds is 4. The molecule has 1 saturated carbocycles. The van der Waals surface area contributed by atoms with Gasteiger partial charge in [0.2, 0.25) is 0 Å². The lowest BCUT2D eigenvalue weighted by Crippen LogP contribution is -2.01. The molecule has 92 valence electrons. The molecule has 0 saturated heterocycles. The molecule has 1 N–H and O–H groups in total. The molecule has 4 nitrogen and oxygen atoms in total. The van der Waals surface area contributed by atoms with Crippen molar-refractivity contribution in [3.8, 4) is 16.3 Å². The first-order valence-corrected chi connectivity index (χ1v) is 6.56. The highest BCUT2D eigenvalue weighted by atomic mass is 32.1. The second kappa shape index (κ2) is 4.42. The summed E-state index contributed by atoms with van der Waals surface area (Å²) in [6, 6.07) is 4.91. The Morgan fingerprint density at radius 3 is 2.89 bits per heavy atom. The first-order valence-electron chi connectivity index (χ1n) is 5.68. The van der Waals surface area contributed by atoms with Gasteiger partial charge in [0.25, 0.3) is 0 Å². The van der Waals surface area contributed by atoms with Crippen molar-refractivity contribution in [3.05, 3.63) is 35.3 Å². The average molecular weight is 261 g/mol. The third-order valence-corrected chi connectivity index (χ3v) is 3.51. The molecular weight excluding hydrogens is 250 g/mol. The van der Waals surface area contributed by atoms with Crippen LogP contribution in [0.25, 0.3) is 10.6 Å². The topological polar surface area (TPSA) is 59.4 Å². The van der Waals surface area contributed by atoms with Crippen molar-refractivity contribution in [2.75, 3.05) is 0 Å². The highest BCUT2D eigenvalue weighted by Gasteiger charge is 2.25.